The fourth-order valence-electron chi connectivity index (χ4n) is 3.88. The lowest BCUT2D eigenvalue weighted by atomic mass is 10.1. The van der Waals surface area contributed by atoms with Crippen LogP contribution in [0.5, 0.6) is 0 Å². The van der Waals surface area contributed by atoms with Gasteiger partial charge in [0.15, 0.2) is 5.58 Å². The van der Waals surface area contributed by atoms with Gasteiger partial charge in [-0.1, -0.05) is 64.8 Å². The fourth-order valence-corrected chi connectivity index (χ4v) is 6.71. The van der Waals surface area contributed by atoms with Gasteiger partial charge in [0.2, 0.25) is 5.91 Å². The van der Waals surface area contributed by atoms with Gasteiger partial charge in [0.25, 0.3) is 5.22 Å². The quantitative estimate of drug-likeness (QED) is 0.146. The summed E-state index contributed by atoms with van der Waals surface area (Å²) >= 11 is 4.72. The number of aryl methyl sites for hydroxylation is 1. The average molecular weight is 600 g/mol. The molecular weight excluding hydrogens is 564 g/mol. The molecule has 0 aliphatic rings. The van der Waals surface area contributed by atoms with Crippen molar-refractivity contribution in [1.82, 2.24) is 9.97 Å². The molecule has 0 spiro atoms. The predicted molar refractivity (Wildman–Crippen MR) is 157 cm³/mol. The Bertz CT molecular complexity index is 1210. The molecule has 0 aliphatic carbocycles. The van der Waals surface area contributed by atoms with Crippen molar-refractivity contribution in [3.05, 3.63) is 35.5 Å². The lowest BCUT2D eigenvalue weighted by Crippen LogP contribution is -2.14. The lowest BCUT2D eigenvalue weighted by Gasteiger charge is -2.18. The van der Waals surface area contributed by atoms with Crippen molar-refractivity contribution >= 4 is 58.0 Å². The van der Waals surface area contributed by atoms with Crippen LogP contribution in [0.15, 0.2) is 43.8 Å². The normalized spacial score (nSPS) is 12.2. The largest absolute Gasteiger partial charge is 0.431 e. The maximum atomic E-state index is 13.2. The number of carbonyl (C=O) groups excluding carboxylic acids is 1. The van der Waals surface area contributed by atoms with Crippen LogP contribution in [0.3, 0.4) is 0 Å². The Labute approximate surface area is 241 Å². The molecule has 0 saturated carbocycles. The zero-order valence-electron chi connectivity index (χ0n) is 23.0. The number of fused-ring (bicyclic) bond motifs is 1. The first kappa shape index (κ1) is 31.7. The van der Waals surface area contributed by atoms with E-state index < -0.39 is 11.7 Å². The van der Waals surface area contributed by atoms with Gasteiger partial charge in [-0.15, -0.1) is 23.5 Å². The van der Waals surface area contributed by atoms with Crippen LogP contribution in [0.2, 0.25) is 0 Å². The number of nitrogens with one attached hydrogen (secondary N) is 1. The summed E-state index contributed by atoms with van der Waals surface area (Å²) in [5.74, 6) is 0.711. The third-order valence-electron chi connectivity index (χ3n) is 5.53. The van der Waals surface area contributed by atoms with E-state index in [0.29, 0.717) is 22.7 Å². The summed E-state index contributed by atoms with van der Waals surface area (Å²) in [7, 11) is 0. The highest BCUT2D eigenvalue weighted by molar-refractivity contribution is 8.01. The molecule has 214 valence electrons. The highest BCUT2D eigenvalue weighted by atomic mass is 32.2. The van der Waals surface area contributed by atoms with Crippen molar-refractivity contribution in [2.45, 2.75) is 105 Å². The number of unbranched alkanes of at least 4 members (excludes halogenated alkanes) is 4. The third kappa shape index (κ3) is 9.93. The molecule has 0 unspecified atom stereocenters. The fraction of sp³-hybridized carbons (Fsp3) is 0.536. The molecule has 2 heterocycles. The maximum Gasteiger partial charge on any atom is 0.420 e. The van der Waals surface area contributed by atoms with Crippen molar-refractivity contribution in [1.29, 1.82) is 0 Å². The number of oxazole rings is 1. The summed E-state index contributed by atoms with van der Waals surface area (Å²) in [6, 6.07) is 5.91. The van der Waals surface area contributed by atoms with E-state index in [1.807, 2.05) is 13.0 Å². The smallest absolute Gasteiger partial charge is 0.420 e. The average Bonchev–Trinajstić information content (AvgIpc) is 3.24. The Balaban J connectivity index is 1.41. The number of hydrogen-bond donors (Lipinski definition) is 1. The first-order valence-electron chi connectivity index (χ1n) is 13.2. The minimum Gasteiger partial charge on any atom is -0.431 e. The lowest BCUT2D eigenvalue weighted by molar-refractivity contribution is -0.136. The minimum atomic E-state index is -4.47. The van der Waals surface area contributed by atoms with E-state index in [2.05, 4.69) is 38.0 Å². The number of halogens is 3. The number of alkyl halides is 3. The van der Waals surface area contributed by atoms with E-state index in [4.69, 9.17) is 9.40 Å². The van der Waals surface area contributed by atoms with Gasteiger partial charge >= 0.3 is 6.18 Å². The molecule has 0 radical (unpaired) electrons. The zero-order chi connectivity index (χ0) is 28.6. The van der Waals surface area contributed by atoms with Gasteiger partial charge in [-0.25, -0.2) is 9.97 Å². The van der Waals surface area contributed by atoms with Crippen LogP contribution in [0.1, 0.15) is 77.5 Å². The summed E-state index contributed by atoms with van der Waals surface area (Å²) in [6.45, 7) is 10.5. The Kier molecular flexibility index (Phi) is 11.9. The van der Waals surface area contributed by atoms with Crippen LogP contribution in [0, 0.1) is 6.92 Å². The van der Waals surface area contributed by atoms with Crippen molar-refractivity contribution in [2.24, 2.45) is 0 Å². The molecule has 2 aromatic heterocycles. The van der Waals surface area contributed by atoms with Crippen LogP contribution in [-0.2, 0) is 11.0 Å². The van der Waals surface area contributed by atoms with Crippen LogP contribution in [0.25, 0.3) is 11.1 Å². The molecule has 3 rings (SSSR count). The maximum absolute atomic E-state index is 13.2. The number of benzene rings is 1. The van der Waals surface area contributed by atoms with Crippen molar-refractivity contribution < 1.29 is 22.4 Å². The number of pyridine rings is 1. The number of rotatable bonds is 14. The van der Waals surface area contributed by atoms with Crippen LogP contribution in [-0.4, -0.2) is 32.1 Å². The Morgan fingerprint density at radius 3 is 2.38 bits per heavy atom. The number of amides is 1. The minimum absolute atomic E-state index is 0.00149. The van der Waals surface area contributed by atoms with Gasteiger partial charge in [0.05, 0.1) is 5.69 Å². The summed E-state index contributed by atoms with van der Waals surface area (Å²) in [5.41, 5.74) is 0.974. The van der Waals surface area contributed by atoms with Crippen LogP contribution < -0.4 is 5.32 Å². The van der Waals surface area contributed by atoms with Gasteiger partial charge in [-0.05, 0) is 38.0 Å². The zero-order valence-corrected chi connectivity index (χ0v) is 25.4. The summed E-state index contributed by atoms with van der Waals surface area (Å²) in [6.07, 6.45) is 0.544. The highest BCUT2D eigenvalue weighted by Crippen LogP contribution is 2.39. The molecule has 5 nitrogen and oxygen atoms in total. The molecule has 0 bridgehead atoms. The number of carbonyl (C=O) groups is 1. The molecule has 3 aromatic rings. The highest BCUT2D eigenvalue weighted by Gasteiger charge is 2.34. The SMILES string of the molecule is Cc1cc(SC(C)C)c(NC(=O)CCCCCCCSc2nc3cccc(C(F)(F)F)c3o2)c(SC(C)C)n1. The molecule has 39 heavy (non-hydrogen) atoms. The number of hydrogen-bond acceptors (Lipinski definition) is 7. The predicted octanol–water partition coefficient (Wildman–Crippen LogP) is 9.62. The molecule has 0 atom stereocenters. The monoisotopic (exact) mass is 599 g/mol. The Morgan fingerprint density at radius 2 is 1.69 bits per heavy atom. The van der Waals surface area contributed by atoms with E-state index in [1.165, 1.54) is 23.9 Å². The second-order valence-corrected chi connectivity index (χ2v) is 14.1. The standard InChI is InChI=1S/C28H36F3N3O2S3/c1-17(2)38-22-16-19(5)32-26(39-18(3)4)24(22)34-23(35)14-9-7-6-8-10-15-37-27-33-21-13-11-12-20(25(21)36-27)28(29,30)31/h11-13,16-18H,6-10,14-15H2,1-5H3,(H,34,35). The number of anilines is 1. The second kappa shape index (κ2) is 14.7. The molecule has 1 amide bonds. The summed E-state index contributed by atoms with van der Waals surface area (Å²) in [5, 5.41) is 5.00. The number of aromatic nitrogens is 2. The van der Waals surface area contributed by atoms with Gasteiger partial charge < -0.3 is 9.73 Å². The van der Waals surface area contributed by atoms with E-state index in [-0.39, 0.29) is 22.2 Å². The first-order chi connectivity index (χ1) is 18.4. The molecule has 0 fully saturated rings. The summed E-state index contributed by atoms with van der Waals surface area (Å²) in [4.78, 5) is 22.7. The summed E-state index contributed by atoms with van der Waals surface area (Å²) < 4.78 is 44.9. The van der Waals surface area contributed by atoms with E-state index in [0.717, 1.165) is 59.5 Å². The number of nitrogens with zero attached hydrogens (tertiary/aromatic N) is 2. The molecule has 0 saturated heterocycles. The van der Waals surface area contributed by atoms with Gasteiger partial charge in [0.1, 0.15) is 16.1 Å². The molecule has 1 aromatic carbocycles. The van der Waals surface area contributed by atoms with Crippen LogP contribution in [0.4, 0.5) is 18.9 Å². The first-order valence-corrected chi connectivity index (χ1v) is 15.9. The van der Waals surface area contributed by atoms with Gasteiger partial charge in [0, 0.05) is 33.3 Å². The van der Waals surface area contributed by atoms with Gasteiger partial charge in [-0.2, -0.15) is 13.2 Å². The van der Waals surface area contributed by atoms with Crippen molar-refractivity contribution in [3.63, 3.8) is 0 Å². The van der Waals surface area contributed by atoms with E-state index >= 15 is 0 Å². The second-order valence-electron chi connectivity index (χ2n) is 9.82. The van der Waals surface area contributed by atoms with Crippen molar-refractivity contribution in [2.75, 3.05) is 11.1 Å². The molecule has 1 N–H and O–H groups in total. The van der Waals surface area contributed by atoms with E-state index in [9.17, 15) is 18.0 Å². The van der Waals surface area contributed by atoms with E-state index in [1.54, 1.807) is 23.5 Å². The van der Waals surface area contributed by atoms with Gasteiger partial charge in [-0.3, -0.25) is 4.79 Å². The Morgan fingerprint density at radius 1 is 1.00 bits per heavy atom. The Hall–Kier alpha value is -1.85. The number of para-hydroxylation sites is 1. The number of thioether (sulfide) groups is 3. The van der Waals surface area contributed by atoms with Crippen LogP contribution >= 0.6 is 35.3 Å². The topological polar surface area (TPSA) is 68.0 Å². The molecule has 11 heteroatoms. The third-order valence-corrected chi connectivity index (χ3v) is 8.48. The molecular formula is C28H36F3N3O2S3. The molecule has 0 aliphatic heterocycles. The van der Waals surface area contributed by atoms with Crippen molar-refractivity contribution in [3.8, 4) is 0 Å².